The molecule has 1 heterocycles. The minimum atomic E-state index is 0.771. The highest BCUT2D eigenvalue weighted by molar-refractivity contribution is 7.98. The zero-order valence-electron chi connectivity index (χ0n) is 24.8. The monoisotopic (exact) mass is 615 g/mol. The second kappa shape index (κ2) is 27.0. The van der Waals surface area contributed by atoms with Crippen LogP contribution in [0.1, 0.15) is 79.6 Å². The van der Waals surface area contributed by atoms with Gasteiger partial charge in [0, 0.05) is 34.7 Å². The summed E-state index contributed by atoms with van der Waals surface area (Å²) in [4.78, 5) is 4.66. The van der Waals surface area contributed by atoms with Crippen LogP contribution in [-0.4, -0.2) is 35.5 Å². The van der Waals surface area contributed by atoms with E-state index in [1.54, 1.807) is 23.1 Å². The number of nitrogens with zero attached hydrogens (tertiary/aromatic N) is 1. The van der Waals surface area contributed by atoms with E-state index in [1.807, 2.05) is 26.0 Å². The normalized spacial score (nSPS) is 11.3. The van der Waals surface area contributed by atoms with E-state index in [2.05, 4.69) is 87.0 Å². The summed E-state index contributed by atoms with van der Waals surface area (Å²) in [5.41, 5.74) is 3.39. The maximum absolute atomic E-state index is 7.00. The Labute approximate surface area is 256 Å². The topological polar surface area (TPSA) is 63.9 Å². The highest BCUT2D eigenvalue weighted by Crippen LogP contribution is 2.42. The Morgan fingerprint density at radius 2 is 1.36 bits per heavy atom. The van der Waals surface area contributed by atoms with Gasteiger partial charge in [0.1, 0.15) is 0 Å². The number of thioether (sulfide) groups is 1. The summed E-state index contributed by atoms with van der Waals surface area (Å²) in [5.74, 6) is 0. The molecule has 0 aliphatic heterocycles. The summed E-state index contributed by atoms with van der Waals surface area (Å²) in [6.07, 6.45) is 12.4. The molecule has 3 aromatic rings. The van der Waals surface area contributed by atoms with E-state index in [4.69, 9.17) is 27.2 Å². The molecule has 0 bridgehead atoms. The van der Waals surface area contributed by atoms with E-state index in [0.29, 0.717) is 0 Å². The molecule has 0 atom stereocenters. The number of thiophene rings is 1. The molecule has 1 fully saturated rings. The van der Waals surface area contributed by atoms with Crippen LogP contribution in [0.4, 0.5) is 11.4 Å². The van der Waals surface area contributed by atoms with Crippen LogP contribution in [0.3, 0.4) is 0 Å². The molecule has 0 saturated heterocycles. The molecular formula is C31H50ClNO3S3. The number of thiol groups is 1. The first-order chi connectivity index (χ1) is 19.0. The molecule has 0 radical (unpaired) electrons. The van der Waals surface area contributed by atoms with Crippen LogP contribution < -0.4 is 4.90 Å². The molecule has 1 aromatic heterocycles. The van der Waals surface area contributed by atoms with Gasteiger partial charge in [-0.05, 0) is 49.6 Å². The molecule has 222 valence electrons. The molecular weight excluding hydrogens is 566 g/mol. The SMILES string of the molecule is C1CCCCC1.CC.CCC.CCN(c1ccccc1)c1cc(Cl)c(-c2ccc(S)s2)cc1SC.CO.OO. The second-order valence-corrected chi connectivity index (χ2v) is 11.2. The minimum Gasteiger partial charge on any atom is -0.400 e. The summed E-state index contributed by atoms with van der Waals surface area (Å²) in [5, 5.41) is 19.8. The van der Waals surface area contributed by atoms with Crippen LogP contribution in [0, 0.1) is 0 Å². The molecule has 1 saturated carbocycles. The van der Waals surface area contributed by atoms with Gasteiger partial charge in [0.05, 0.1) is 14.9 Å². The Balaban J connectivity index is 0. The van der Waals surface area contributed by atoms with E-state index in [9.17, 15) is 0 Å². The van der Waals surface area contributed by atoms with Gasteiger partial charge >= 0.3 is 0 Å². The summed E-state index contributed by atoms with van der Waals surface area (Å²) < 4.78 is 0.996. The van der Waals surface area contributed by atoms with Gasteiger partial charge in [-0.2, -0.15) is 0 Å². The lowest BCUT2D eigenvalue weighted by atomic mass is 10.0. The van der Waals surface area contributed by atoms with Gasteiger partial charge in [-0.3, -0.25) is 10.5 Å². The number of aliphatic hydroxyl groups is 1. The number of rotatable bonds is 5. The molecule has 4 nitrogen and oxygen atoms in total. The fraction of sp³-hybridized carbons (Fsp3) is 0.484. The van der Waals surface area contributed by atoms with Crippen molar-refractivity contribution in [3.8, 4) is 10.4 Å². The third-order valence-electron chi connectivity index (χ3n) is 5.30. The predicted octanol–water partition coefficient (Wildman–Crippen LogP) is 11.6. The number of anilines is 2. The Morgan fingerprint density at radius 3 is 1.74 bits per heavy atom. The van der Waals surface area contributed by atoms with Crippen molar-refractivity contribution in [3.63, 3.8) is 0 Å². The maximum atomic E-state index is 7.00. The Bertz CT molecular complexity index is 940. The second-order valence-electron chi connectivity index (χ2n) is 8.05. The molecule has 3 N–H and O–H groups in total. The minimum absolute atomic E-state index is 0.771. The molecule has 1 aliphatic carbocycles. The van der Waals surface area contributed by atoms with Gasteiger partial charge < -0.3 is 10.0 Å². The zero-order valence-corrected chi connectivity index (χ0v) is 28.1. The molecule has 1 aliphatic rings. The van der Waals surface area contributed by atoms with E-state index in [0.717, 1.165) is 39.0 Å². The Hall–Kier alpha value is -1.19. The van der Waals surface area contributed by atoms with E-state index in [-0.39, 0.29) is 0 Å². The largest absolute Gasteiger partial charge is 0.400 e. The first-order valence-corrected chi connectivity index (χ1v) is 16.6. The predicted molar refractivity (Wildman–Crippen MR) is 181 cm³/mol. The molecule has 0 spiro atoms. The van der Waals surface area contributed by atoms with E-state index < -0.39 is 0 Å². The summed E-state index contributed by atoms with van der Waals surface area (Å²) in [6.45, 7) is 11.3. The summed E-state index contributed by atoms with van der Waals surface area (Å²) >= 11 is 14.4. The molecule has 4 rings (SSSR count). The summed E-state index contributed by atoms with van der Waals surface area (Å²) in [7, 11) is 1.00. The van der Waals surface area contributed by atoms with Crippen molar-refractivity contribution in [2.24, 2.45) is 0 Å². The van der Waals surface area contributed by atoms with Gasteiger partial charge in [0.25, 0.3) is 0 Å². The lowest BCUT2D eigenvalue weighted by molar-refractivity contribution is -0.176. The van der Waals surface area contributed by atoms with Crippen LogP contribution in [-0.2, 0) is 0 Å². The van der Waals surface area contributed by atoms with Gasteiger partial charge in [-0.25, -0.2) is 0 Å². The van der Waals surface area contributed by atoms with Crippen LogP contribution >= 0.6 is 47.3 Å². The first-order valence-electron chi connectivity index (χ1n) is 13.7. The number of benzene rings is 2. The maximum Gasteiger partial charge on any atom is 0.0574 e. The number of halogens is 1. The van der Waals surface area contributed by atoms with Crippen LogP contribution in [0.2, 0.25) is 5.02 Å². The average molecular weight is 616 g/mol. The van der Waals surface area contributed by atoms with Crippen molar-refractivity contribution in [1.29, 1.82) is 0 Å². The van der Waals surface area contributed by atoms with Gasteiger partial charge in [-0.15, -0.1) is 35.7 Å². The van der Waals surface area contributed by atoms with Crippen molar-refractivity contribution < 1.29 is 15.6 Å². The van der Waals surface area contributed by atoms with Crippen molar-refractivity contribution in [2.45, 2.75) is 88.7 Å². The quantitative estimate of drug-likeness (QED) is 0.0995. The van der Waals surface area contributed by atoms with E-state index in [1.165, 1.54) is 55.5 Å². The molecule has 2 aromatic carbocycles. The highest BCUT2D eigenvalue weighted by Gasteiger charge is 2.16. The number of hydrogen-bond acceptors (Lipinski definition) is 7. The van der Waals surface area contributed by atoms with Crippen molar-refractivity contribution in [2.75, 3.05) is 24.8 Å². The lowest BCUT2D eigenvalue weighted by Crippen LogP contribution is -2.16. The number of para-hydroxylation sites is 1. The molecule has 39 heavy (non-hydrogen) atoms. The number of hydrogen-bond donors (Lipinski definition) is 4. The van der Waals surface area contributed by atoms with Gasteiger partial charge in [-0.1, -0.05) is 102 Å². The third-order valence-corrected chi connectivity index (χ3v) is 7.72. The molecule has 0 unspecified atom stereocenters. The Kier molecular flexibility index (Phi) is 27.7. The fourth-order valence-corrected chi connectivity index (χ4v) is 5.81. The van der Waals surface area contributed by atoms with Crippen LogP contribution in [0.15, 0.2) is 63.7 Å². The van der Waals surface area contributed by atoms with Crippen molar-refractivity contribution in [3.05, 3.63) is 59.6 Å². The Morgan fingerprint density at radius 1 is 0.872 bits per heavy atom. The standard InChI is InChI=1S/C19H18ClNS3.C6H12.C3H8.C2H6.CH4O.H2O2/c1-3-21(13-7-5-4-6-8-13)16-12-15(20)14(11-18(16)23-2)17-9-10-19(22)24-17;1-2-4-6-5-3-1;1-3-2;3*1-2/h4-12,22H,3H2,1-2H3;1-6H2;3H2,1-2H3;1-2H3;2H,1H3;1-2H. The molecule has 8 heteroatoms. The van der Waals surface area contributed by atoms with Gasteiger partial charge in [0.15, 0.2) is 0 Å². The smallest absolute Gasteiger partial charge is 0.0574 e. The first kappa shape index (κ1) is 40.0. The lowest BCUT2D eigenvalue weighted by Gasteiger charge is -2.26. The van der Waals surface area contributed by atoms with E-state index >= 15 is 0 Å². The van der Waals surface area contributed by atoms with Crippen molar-refractivity contribution in [1.82, 2.24) is 0 Å². The number of aliphatic hydroxyl groups excluding tert-OH is 1. The zero-order chi connectivity index (χ0) is 30.1. The van der Waals surface area contributed by atoms with Gasteiger partial charge in [0.2, 0.25) is 0 Å². The summed E-state index contributed by atoms with van der Waals surface area (Å²) in [6, 6.07) is 18.8. The van der Waals surface area contributed by atoms with Crippen LogP contribution in [0.5, 0.6) is 0 Å². The van der Waals surface area contributed by atoms with Crippen molar-refractivity contribution >= 4 is 58.7 Å². The fourth-order valence-electron chi connectivity index (χ4n) is 3.74. The average Bonchev–Trinajstić information content (AvgIpc) is 3.45. The van der Waals surface area contributed by atoms with Crippen LogP contribution in [0.25, 0.3) is 10.4 Å². The third kappa shape index (κ3) is 15.4. The molecule has 0 amide bonds. The highest BCUT2D eigenvalue weighted by atomic mass is 35.5.